The lowest BCUT2D eigenvalue weighted by Gasteiger charge is -2.03. The fourth-order valence-corrected chi connectivity index (χ4v) is 0.917. The summed E-state index contributed by atoms with van der Waals surface area (Å²) in [6, 6.07) is 10.2. The Hall–Kier alpha value is -0.860. The zero-order chi connectivity index (χ0) is 8.65. The first-order valence-corrected chi connectivity index (χ1v) is 4.26. The second kappa shape index (κ2) is 5.75. The van der Waals surface area contributed by atoms with E-state index < -0.39 is 0 Å². The van der Waals surface area contributed by atoms with Crippen molar-refractivity contribution in [1.29, 1.82) is 0 Å². The monoisotopic (exact) mass is 165 g/mol. The van der Waals surface area contributed by atoms with Crippen molar-refractivity contribution in [3.63, 3.8) is 0 Å². The van der Waals surface area contributed by atoms with Crippen molar-refractivity contribution in [3.05, 3.63) is 35.9 Å². The second-order valence-electron chi connectivity index (χ2n) is 2.58. The second-order valence-corrected chi connectivity index (χ2v) is 2.58. The quantitative estimate of drug-likeness (QED) is 0.530. The molecule has 0 aromatic heterocycles. The summed E-state index contributed by atoms with van der Waals surface area (Å²) in [7, 11) is 0. The number of hydrogen-bond acceptors (Lipinski definition) is 2. The number of rotatable bonds is 5. The van der Waals surface area contributed by atoms with Gasteiger partial charge in [-0.2, -0.15) is 0 Å². The minimum atomic E-state index is 0.630. The Labute approximate surface area is 73.6 Å². The molecule has 0 radical (unpaired) electrons. The van der Waals surface area contributed by atoms with E-state index in [1.54, 1.807) is 0 Å². The van der Waals surface area contributed by atoms with Gasteiger partial charge in [0.25, 0.3) is 0 Å². The van der Waals surface area contributed by atoms with E-state index in [-0.39, 0.29) is 0 Å². The van der Waals surface area contributed by atoms with Crippen LogP contribution in [0.3, 0.4) is 0 Å². The number of benzene rings is 1. The summed E-state index contributed by atoms with van der Waals surface area (Å²) in [6.45, 7) is 4.33. The molecule has 0 aliphatic rings. The molecule has 0 atom stereocenters. The summed E-state index contributed by atoms with van der Waals surface area (Å²) in [6.07, 6.45) is 0. The Kier molecular flexibility index (Phi) is 4.42. The van der Waals surface area contributed by atoms with Crippen LogP contribution in [0.2, 0.25) is 0 Å². The molecule has 0 saturated heterocycles. The van der Waals surface area contributed by atoms with Gasteiger partial charge in [-0.3, -0.25) is 5.32 Å². The molecule has 1 N–H and O–H groups in total. The molecule has 0 fully saturated rings. The van der Waals surface area contributed by atoms with E-state index >= 15 is 0 Å². The summed E-state index contributed by atoms with van der Waals surface area (Å²) in [4.78, 5) is 0. The first-order valence-electron chi connectivity index (χ1n) is 4.26. The predicted molar refractivity (Wildman–Crippen MR) is 49.8 cm³/mol. The topological polar surface area (TPSA) is 21.3 Å². The van der Waals surface area contributed by atoms with Crippen LogP contribution in [0.5, 0.6) is 0 Å². The van der Waals surface area contributed by atoms with Gasteiger partial charge >= 0.3 is 0 Å². The van der Waals surface area contributed by atoms with E-state index in [0.717, 1.165) is 6.54 Å². The van der Waals surface area contributed by atoms with E-state index in [4.69, 9.17) is 4.74 Å². The minimum Gasteiger partial charge on any atom is -0.362 e. The van der Waals surface area contributed by atoms with E-state index in [0.29, 0.717) is 13.3 Å². The third-order valence-corrected chi connectivity index (χ3v) is 1.57. The first kappa shape index (κ1) is 9.23. The highest BCUT2D eigenvalue weighted by atomic mass is 16.5. The third-order valence-electron chi connectivity index (χ3n) is 1.57. The Morgan fingerprint density at radius 1 is 1.25 bits per heavy atom. The molecule has 0 aliphatic heterocycles. The highest BCUT2D eigenvalue weighted by Crippen LogP contribution is 1.99. The molecular formula is C10H15NO. The molecule has 0 saturated carbocycles. The van der Waals surface area contributed by atoms with Gasteiger partial charge in [0.05, 0.1) is 13.3 Å². The maximum atomic E-state index is 5.35. The maximum absolute atomic E-state index is 5.35. The zero-order valence-electron chi connectivity index (χ0n) is 7.42. The first-order chi connectivity index (χ1) is 5.93. The molecule has 0 amide bonds. The molecule has 2 heteroatoms. The lowest BCUT2D eigenvalue weighted by molar-refractivity contribution is 0.105. The van der Waals surface area contributed by atoms with Gasteiger partial charge in [-0.05, 0) is 12.1 Å². The van der Waals surface area contributed by atoms with Crippen LogP contribution in [0.15, 0.2) is 30.3 Å². The maximum Gasteiger partial charge on any atom is 0.0969 e. The summed E-state index contributed by atoms with van der Waals surface area (Å²) < 4.78 is 5.35. The van der Waals surface area contributed by atoms with Crippen molar-refractivity contribution in [2.45, 2.75) is 13.5 Å². The fourth-order valence-electron chi connectivity index (χ4n) is 0.917. The standard InChI is InChI=1S/C10H15NO/c1-2-11-9-12-8-10-6-4-3-5-7-10/h3-7,11H,2,8-9H2,1H3. The molecule has 1 rings (SSSR count). The van der Waals surface area contributed by atoms with Gasteiger partial charge in [0.1, 0.15) is 0 Å². The molecule has 66 valence electrons. The lowest BCUT2D eigenvalue weighted by Crippen LogP contribution is -2.16. The van der Waals surface area contributed by atoms with Crippen molar-refractivity contribution < 1.29 is 4.74 Å². The molecule has 12 heavy (non-hydrogen) atoms. The largest absolute Gasteiger partial charge is 0.362 e. The van der Waals surface area contributed by atoms with Crippen molar-refractivity contribution in [1.82, 2.24) is 5.32 Å². The molecule has 0 unspecified atom stereocenters. The smallest absolute Gasteiger partial charge is 0.0969 e. The Bertz CT molecular complexity index is 198. The highest BCUT2D eigenvalue weighted by Gasteiger charge is 1.89. The van der Waals surface area contributed by atoms with Crippen LogP contribution in [-0.4, -0.2) is 13.3 Å². The van der Waals surface area contributed by atoms with Crippen LogP contribution in [0, 0.1) is 0 Å². The molecule has 0 aliphatic carbocycles. The summed E-state index contributed by atoms with van der Waals surface area (Å²) in [5, 5.41) is 3.10. The van der Waals surface area contributed by atoms with Crippen molar-refractivity contribution in [2.24, 2.45) is 0 Å². The van der Waals surface area contributed by atoms with Gasteiger partial charge < -0.3 is 4.74 Å². The van der Waals surface area contributed by atoms with Crippen molar-refractivity contribution in [2.75, 3.05) is 13.3 Å². The molecule has 2 nitrogen and oxygen atoms in total. The van der Waals surface area contributed by atoms with E-state index in [9.17, 15) is 0 Å². The van der Waals surface area contributed by atoms with Crippen molar-refractivity contribution in [3.8, 4) is 0 Å². The predicted octanol–water partition coefficient (Wildman–Crippen LogP) is 1.77. The van der Waals surface area contributed by atoms with E-state index in [1.165, 1.54) is 5.56 Å². The number of nitrogens with one attached hydrogen (secondary N) is 1. The average Bonchev–Trinajstić information content (AvgIpc) is 2.14. The van der Waals surface area contributed by atoms with Crippen LogP contribution >= 0.6 is 0 Å². The summed E-state index contributed by atoms with van der Waals surface area (Å²) >= 11 is 0. The van der Waals surface area contributed by atoms with Crippen LogP contribution in [0.25, 0.3) is 0 Å². The van der Waals surface area contributed by atoms with Crippen LogP contribution in [-0.2, 0) is 11.3 Å². The van der Waals surface area contributed by atoms with Crippen LogP contribution in [0.1, 0.15) is 12.5 Å². The third kappa shape index (κ3) is 3.51. The number of ether oxygens (including phenoxy) is 1. The highest BCUT2D eigenvalue weighted by molar-refractivity contribution is 5.13. The molecular weight excluding hydrogens is 150 g/mol. The van der Waals surface area contributed by atoms with E-state index in [2.05, 4.69) is 24.4 Å². The van der Waals surface area contributed by atoms with Gasteiger partial charge in [-0.25, -0.2) is 0 Å². The minimum absolute atomic E-state index is 0.630. The van der Waals surface area contributed by atoms with E-state index in [1.807, 2.05) is 18.2 Å². The van der Waals surface area contributed by atoms with Crippen LogP contribution in [0.4, 0.5) is 0 Å². The van der Waals surface area contributed by atoms with Gasteiger partial charge in [-0.1, -0.05) is 37.3 Å². The van der Waals surface area contributed by atoms with Gasteiger partial charge in [-0.15, -0.1) is 0 Å². The molecule has 0 heterocycles. The van der Waals surface area contributed by atoms with Gasteiger partial charge in [0.15, 0.2) is 0 Å². The van der Waals surface area contributed by atoms with Crippen molar-refractivity contribution >= 4 is 0 Å². The average molecular weight is 165 g/mol. The Morgan fingerprint density at radius 3 is 2.67 bits per heavy atom. The van der Waals surface area contributed by atoms with Gasteiger partial charge in [0.2, 0.25) is 0 Å². The Balaban J connectivity index is 2.16. The molecule has 0 bridgehead atoms. The SMILES string of the molecule is CCNCOCc1ccccc1. The molecule has 1 aromatic carbocycles. The molecule has 0 spiro atoms. The normalized spacial score (nSPS) is 10.1. The lowest BCUT2D eigenvalue weighted by atomic mass is 10.2. The summed E-state index contributed by atoms with van der Waals surface area (Å²) in [5.74, 6) is 0. The number of hydrogen-bond donors (Lipinski definition) is 1. The Morgan fingerprint density at radius 2 is 2.00 bits per heavy atom. The molecule has 1 aromatic rings. The zero-order valence-corrected chi connectivity index (χ0v) is 7.42. The van der Waals surface area contributed by atoms with Gasteiger partial charge in [0, 0.05) is 0 Å². The summed E-state index contributed by atoms with van der Waals surface area (Å²) in [5.41, 5.74) is 1.22. The fraction of sp³-hybridized carbons (Fsp3) is 0.400. The van der Waals surface area contributed by atoms with Crippen LogP contribution < -0.4 is 5.32 Å².